The number of hydrogen-bond acceptors (Lipinski definition) is 5. The lowest BCUT2D eigenvalue weighted by Crippen LogP contribution is -2.52. The van der Waals surface area contributed by atoms with Gasteiger partial charge in [0, 0.05) is 13.6 Å². The lowest BCUT2D eigenvalue weighted by Gasteiger charge is -2.35. The van der Waals surface area contributed by atoms with Gasteiger partial charge in [-0.05, 0) is 47.0 Å². The molecule has 0 bridgehead atoms. The average molecular weight is 544 g/mol. The van der Waals surface area contributed by atoms with Crippen LogP contribution in [-0.2, 0) is 26.0 Å². The Bertz CT molecular complexity index is 1610. The Morgan fingerprint density at radius 1 is 0.923 bits per heavy atom. The van der Waals surface area contributed by atoms with E-state index in [1.807, 2.05) is 54.6 Å². The lowest BCUT2D eigenvalue weighted by atomic mass is 10.1. The second-order valence-corrected chi connectivity index (χ2v) is 11.4. The zero-order valence-corrected chi connectivity index (χ0v) is 22.3. The van der Waals surface area contributed by atoms with E-state index < -0.39 is 28.6 Å². The number of anilines is 1. The molecule has 8 nitrogen and oxygen atoms in total. The third-order valence-electron chi connectivity index (χ3n) is 6.71. The minimum absolute atomic E-state index is 0.0309. The molecule has 0 aliphatic carbocycles. The van der Waals surface area contributed by atoms with Gasteiger partial charge >= 0.3 is 0 Å². The standard InChI is InChI=1S/C30H29N3O5S/c1-32(39(36,37)25-16-15-23-11-5-6-12-24(23)19-25)21-29(34)33-20-28(38-27-14-8-7-13-26(27)33)30(35)31-18-17-22-9-3-2-4-10-22/h2-16,19,28H,17-18,20-21H2,1H3,(H,31,35)/t28-/m0/s1. The van der Waals surface area contributed by atoms with Crippen molar-refractivity contribution in [2.45, 2.75) is 17.4 Å². The molecule has 4 aromatic carbocycles. The number of rotatable bonds is 8. The van der Waals surface area contributed by atoms with E-state index in [4.69, 9.17) is 4.74 Å². The monoisotopic (exact) mass is 543 g/mol. The summed E-state index contributed by atoms with van der Waals surface area (Å²) >= 11 is 0. The molecule has 4 aromatic rings. The van der Waals surface area contributed by atoms with Crippen LogP contribution in [0.3, 0.4) is 0 Å². The molecule has 1 aliphatic heterocycles. The maximum absolute atomic E-state index is 13.5. The van der Waals surface area contributed by atoms with Gasteiger partial charge in [-0.2, -0.15) is 4.31 Å². The Morgan fingerprint density at radius 2 is 1.62 bits per heavy atom. The molecule has 0 radical (unpaired) electrons. The first-order valence-electron chi connectivity index (χ1n) is 12.7. The first kappa shape index (κ1) is 26.4. The smallest absolute Gasteiger partial charge is 0.262 e. The fourth-order valence-corrected chi connectivity index (χ4v) is 5.72. The van der Waals surface area contributed by atoms with Gasteiger partial charge < -0.3 is 15.0 Å². The van der Waals surface area contributed by atoms with Crippen LogP contribution >= 0.6 is 0 Å². The van der Waals surface area contributed by atoms with Crippen molar-refractivity contribution in [1.29, 1.82) is 0 Å². The number of hydrogen-bond donors (Lipinski definition) is 1. The van der Waals surface area contributed by atoms with Crippen LogP contribution in [-0.4, -0.2) is 57.3 Å². The van der Waals surface area contributed by atoms with Gasteiger partial charge in [-0.25, -0.2) is 8.42 Å². The molecule has 0 fully saturated rings. The summed E-state index contributed by atoms with van der Waals surface area (Å²) in [5.41, 5.74) is 1.59. The molecule has 0 spiro atoms. The number of fused-ring (bicyclic) bond motifs is 2. The summed E-state index contributed by atoms with van der Waals surface area (Å²) in [4.78, 5) is 28.0. The molecule has 1 heterocycles. The number of amides is 2. The van der Waals surface area contributed by atoms with Crippen LogP contribution in [0.5, 0.6) is 5.75 Å². The minimum atomic E-state index is -3.93. The number of carbonyl (C=O) groups excluding carboxylic acids is 2. The van der Waals surface area contributed by atoms with Crippen molar-refractivity contribution in [3.63, 3.8) is 0 Å². The van der Waals surface area contributed by atoms with Crippen molar-refractivity contribution in [2.75, 3.05) is 31.6 Å². The maximum Gasteiger partial charge on any atom is 0.262 e. The molecule has 5 rings (SSSR count). The van der Waals surface area contributed by atoms with Gasteiger partial charge in [-0.1, -0.05) is 72.8 Å². The number of para-hydroxylation sites is 2. The Morgan fingerprint density at radius 3 is 2.41 bits per heavy atom. The maximum atomic E-state index is 13.5. The first-order chi connectivity index (χ1) is 18.8. The normalized spacial score (nSPS) is 15.0. The molecule has 0 unspecified atom stereocenters. The van der Waals surface area contributed by atoms with E-state index in [0.29, 0.717) is 24.4 Å². The molecule has 1 atom stereocenters. The van der Waals surface area contributed by atoms with E-state index in [0.717, 1.165) is 20.6 Å². The number of ether oxygens (including phenoxy) is 1. The molecule has 1 N–H and O–H groups in total. The molecule has 2 amide bonds. The summed E-state index contributed by atoms with van der Waals surface area (Å²) in [6, 6.07) is 29.1. The van der Waals surface area contributed by atoms with E-state index in [1.54, 1.807) is 42.5 Å². The quantitative estimate of drug-likeness (QED) is 0.366. The zero-order valence-electron chi connectivity index (χ0n) is 21.5. The predicted octanol–water partition coefficient (Wildman–Crippen LogP) is 3.61. The van der Waals surface area contributed by atoms with E-state index >= 15 is 0 Å². The molecule has 0 aromatic heterocycles. The second-order valence-electron chi connectivity index (χ2n) is 9.38. The number of benzene rings is 4. The van der Waals surface area contributed by atoms with Crippen LogP contribution in [0.25, 0.3) is 10.8 Å². The molecule has 1 aliphatic rings. The lowest BCUT2D eigenvalue weighted by molar-refractivity contribution is -0.128. The largest absolute Gasteiger partial charge is 0.477 e. The molecular weight excluding hydrogens is 514 g/mol. The Balaban J connectivity index is 1.29. The van der Waals surface area contributed by atoms with Gasteiger partial charge in [0.25, 0.3) is 5.91 Å². The summed E-state index contributed by atoms with van der Waals surface area (Å²) in [6.07, 6.45) is -0.266. The van der Waals surface area contributed by atoms with Crippen LogP contribution in [0.4, 0.5) is 5.69 Å². The van der Waals surface area contributed by atoms with Gasteiger partial charge in [0.1, 0.15) is 5.75 Å². The fourth-order valence-electron chi connectivity index (χ4n) is 4.56. The number of nitrogens with zero attached hydrogens (tertiary/aromatic N) is 2. The highest BCUT2D eigenvalue weighted by atomic mass is 32.2. The predicted molar refractivity (Wildman–Crippen MR) is 150 cm³/mol. The topological polar surface area (TPSA) is 96.0 Å². The SMILES string of the molecule is CN(CC(=O)N1C[C@@H](C(=O)NCCc2ccccc2)Oc2ccccc21)S(=O)(=O)c1ccc2ccccc2c1. The van der Waals surface area contributed by atoms with E-state index in [1.165, 1.54) is 11.9 Å². The second kappa shape index (κ2) is 11.3. The molecule has 39 heavy (non-hydrogen) atoms. The molecule has 0 saturated carbocycles. The van der Waals surface area contributed by atoms with Gasteiger partial charge in [0.05, 0.1) is 23.7 Å². The summed E-state index contributed by atoms with van der Waals surface area (Å²) in [5, 5.41) is 4.60. The van der Waals surface area contributed by atoms with Crippen molar-refractivity contribution in [1.82, 2.24) is 9.62 Å². The number of nitrogens with one attached hydrogen (secondary N) is 1. The summed E-state index contributed by atoms with van der Waals surface area (Å²) in [5.74, 6) is -0.407. The van der Waals surface area contributed by atoms with Crippen molar-refractivity contribution >= 4 is 38.3 Å². The number of sulfonamides is 1. The van der Waals surface area contributed by atoms with Gasteiger partial charge in [-0.15, -0.1) is 0 Å². The van der Waals surface area contributed by atoms with Crippen molar-refractivity contribution in [2.24, 2.45) is 0 Å². The van der Waals surface area contributed by atoms with E-state index in [2.05, 4.69) is 5.32 Å². The third kappa shape index (κ3) is 5.79. The highest BCUT2D eigenvalue weighted by Crippen LogP contribution is 2.33. The van der Waals surface area contributed by atoms with Crippen LogP contribution in [0.2, 0.25) is 0 Å². The zero-order chi connectivity index (χ0) is 27.4. The fraction of sp³-hybridized carbons (Fsp3) is 0.200. The van der Waals surface area contributed by atoms with E-state index in [9.17, 15) is 18.0 Å². The Kier molecular flexibility index (Phi) is 7.63. The van der Waals surface area contributed by atoms with Crippen molar-refractivity contribution in [3.05, 3.63) is 103 Å². The van der Waals surface area contributed by atoms with Crippen molar-refractivity contribution < 1.29 is 22.7 Å². The summed E-state index contributed by atoms with van der Waals surface area (Å²) < 4.78 is 33.6. The Hall–Kier alpha value is -4.21. The van der Waals surface area contributed by atoms with E-state index in [-0.39, 0.29) is 17.3 Å². The summed E-state index contributed by atoms with van der Waals surface area (Å²) in [7, 11) is -2.56. The minimum Gasteiger partial charge on any atom is -0.477 e. The number of likely N-dealkylation sites (N-methyl/N-ethyl adjacent to an activating group) is 1. The molecule has 0 saturated heterocycles. The highest BCUT2D eigenvalue weighted by molar-refractivity contribution is 7.89. The average Bonchev–Trinajstić information content (AvgIpc) is 2.96. The van der Waals surface area contributed by atoms with Crippen LogP contribution in [0.1, 0.15) is 5.56 Å². The third-order valence-corrected chi connectivity index (χ3v) is 8.51. The summed E-state index contributed by atoms with van der Waals surface area (Å²) in [6.45, 7) is -0.00619. The highest BCUT2D eigenvalue weighted by Gasteiger charge is 2.35. The molecular formula is C30H29N3O5S. The molecule has 9 heteroatoms. The molecule has 200 valence electrons. The van der Waals surface area contributed by atoms with Crippen molar-refractivity contribution in [3.8, 4) is 5.75 Å². The van der Waals surface area contributed by atoms with Gasteiger partial charge in [-0.3, -0.25) is 9.59 Å². The van der Waals surface area contributed by atoms with Crippen LogP contribution in [0.15, 0.2) is 102 Å². The first-order valence-corrected chi connectivity index (χ1v) is 14.1. The van der Waals surface area contributed by atoms with Gasteiger partial charge in [0.2, 0.25) is 15.9 Å². The van der Waals surface area contributed by atoms with Crippen LogP contribution < -0.4 is 15.0 Å². The van der Waals surface area contributed by atoms with Crippen LogP contribution in [0, 0.1) is 0 Å². The Labute approximate surface area is 227 Å². The van der Waals surface area contributed by atoms with Gasteiger partial charge in [0.15, 0.2) is 6.10 Å². The number of carbonyl (C=O) groups is 2.